The lowest BCUT2D eigenvalue weighted by Gasteiger charge is -2.05. The van der Waals surface area contributed by atoms with Crippen molar-refractivity contribution in [3.05, 3.63) is 52.3 Å². The summed E-state index contributed by atoms with van der Waals surface area (Å²) in [6.45, 7) is 2.24. The van der Waals surface area contributed by atoms with E-state index < -0.39 is 0 Å². The molecule has 0 fully saturated rings. The summed E-state index contributed by atoms with van der Waals surface area (Å²) in [4.78, 5) is 12.0. The third kappa shape index (κ3) is 2.54. The molecule has 0 bridgehead atoms. The minimum atomic E-state index is -0.200. The van der Waals surface area contributed by atoms with Gasteiger partial charge in [0.2, 0.25) is 0 Å². The summed E-state index contributed by atoms with van der Waals surface area (Å²) >= 11 is 6.03. The second-order valence-electron chi connectivity index (χ2n) is 4.04. The number of amides is 1. The van der Waals surface area contributed by atoms with Crippen LogP contribution in [0.4, 0.5) is 0 Å². The summed E-state index contributed by atoms with van der Waals surface area (Å²) in [5, 5.41) is 7.30. The van der Waals surface area contributed by atoms with Gasteiger partial charge < -0.3 is 5.32 Å². The van der Waals surface area contributed by atoms with E-state index in [-0.39, 0.29) is 5.91 Å². The van der Waals surface area contributed by atoms with Crippen LogP contribution in [0, 0.1) is 6.92 Å². The molecule has 94 valence electrons. The number of halogens is 1. The van der Waals surface area contributed by atoms with Gasteiger partial charge >= 0.3 is 0 Å². The molecule has 0 aliphatic carbocycles. The SMILES string of the molecule is Cc1nn(C)c(Cl)c1C(=O)NCc1ccccc1. The zero-order valence-corrected chi connectivity index (χ0v) is 11.0. The molecule has 0 saturated carbocycles. The number of hydrogen-bond donors (Lipinski definition) is 1. The Balaban J connectivity index is 2.09. The molecule has 0 saturated heterocycles. The van der Waals surface area contributed by atoms with Gasteiger partial charge in [0.25, 0.3) is 5.91 Å². The lowest BCUT2D eigenvalue weighted by atomic mass is 10.2. The smallest absolute Gasteiger partial charge is 0.256 e. The maximum Gasteiger partial charge on any atom is 0.256 e. The molecule has 1 aromatic heterocycles. The van der Waals surface area contributed by atoms with Crippen LogP contribution >= 0.6 is 11.6 Å². The Bertz CT molecular complexity index is 563. The average molecular weight is 264 g/mol. The molecule has 0 radical (unpaired) electrons. The number of aryl methyl sites for hydroxylation is 2. The lowest BCUT2D eigenvalue weighted by molar-refractivity contribution is 0.0950. The van der Waals surface area contributed by atoms with Gasteiger partial charge in [0.15, 0.2) is 0 Å². The molecule has 1 amide bonds. The quantitative estimate of drug-likeness (QED) is 0.924. The van der Waals surface area contributed by atoms with Crippen LogP contribution in [0.2, 0.25) is 5.15 Å². The number of aromatic nitrogens is 2. The summed E-state index contributed by atoms with van der Waals surface area (Å²) < 4.78 is 1.49. The van der Waals surface area contributed by atoms with Gasteiger partial charge in [0, 0.05) is 13.6 Å². The monoisotopic (exact) mass is 263 g/mol. The Morgan fingerprint density at radius 3 is 2.61 bits per heavy atom. The van der Waals surface area contributed by atoms with Crippen LogP contribution in [-0.2, 0) is 13.6 Å². The highest BCUT2D eigenvalue weighted by Gasteiger charge is 2.18. The molecule has 2 aromatic rings. The molecule has 1 heterocycles. The number of benzene rings is 1. The predicted molar refractivity (Wildman–Crippen MR) is 70.6 cm³/mol. The van der Waals surface area contributed by atoms with Gasteiger partial charge in [-0.3, -0.25) is 9.48 Å². The first-order valence-corrected chi connectivity index (χ1v) is 5.98. The fourth-order valence-electron chi connectivity index (χ4n) is 1.75. The maximum absolute atomic E-state index is 12.0. The van der Waals surface area contributed by atoms with E-state index >= 15 is 0 Å². The van der Waals surface area contributed by atoms with Crippen LogP contribution in [0.15, 0.2) is 30.3 Å². The van der Waals surface area contributed by atoms with Gasteiger partial charge in [-0.2, -0.15) is 5.10 Å². The van der Waals surface area contributed by atoms with Crippen LogP contribution in [0.5, 0.6) is 0 Å². The van der Waals surface area contributed by atoms with E-state index in [0.717, 1.165) is 5.56 Å². The Morgan fingerprint density at radius 1 is 1.39 bits per heavy atom. The number of rotatable bonds is 3. The van der Waals surface area contributed by atoms with Crippen LogP contribution in [0.25, 0.3) is 0 Å². The van der Waals surface area contributed by atoms with Crippen LogP contribution in [-0.4, -0.2) is 15.7 Å². The topological polar surface area (TPSA) is 46.9 Å². The standard InChI is InChI=1S/C13H14ClN3O/c1-9-11(12(14)17(2)16-9)13(18)15-8-10-6-4-3-5-7-10/h3-7H,8H2,1-2H3,(H,15,18). The van der Waals surface area contributed by atoms with Crippen LogP contribution in [0.1, 0.15) is 21.6 Å². The van der Waals surface area contributed by atoms with Crippen molar-refractivity contribution in [1.29, 1.82) is 0 Å². The number of carbonyl (C=O) groups excluding carboxylic acids is 1. The summed E-state index contributed by atoms with van der Waals surface area (Å²) in [5.41, 5.74) is 2.12. The van der Waals surface area contributed by atoms with E-state index in [0.29, 0.717) is 23.0 Å². The number of nitrogens with zero attached hydrogens (tertiary/aromatic N) is 2. The molecule has 2 rings (SSSR count). The molecule has 5 heteroatoms. The van der Waals surface area contributed by atoms with E-state index in [4.69, 9.17) is 11.6 Å². The van der Waals surface area contributed by atoms with E-state index in [1.807, 2.05) is 30.3 Å². The average Bonchev–Trinajstić information content (AvgIpc) is 2.62. The van der Waals surface area contributed by atoms with Gasteiger partial charge in [-0.1, -0.05) is 41.9 Å². The minimum Gasteiger partial charge on any atom is -0.348 e. The van der Waals surface area contributed by atoms with E-state index in [2.05, 4.69) is 10.4 Å². The highest BCUT2D eigenvalue weighted by molar-refractivity contribution is 6.33. The molecule has 18 heavy (non-hydrogen) atoms. The van der Waals surface area contributed by atoms with Crippen molar-refractivity contribution in [2.75, 3.05) is 0 Å². The zero-order chi connectivity index (χ0) is 13.1. The van der Waals surface area contributed by atoms with Gasteiger partial charge in [0.05, 0.1) is 11.3 Å². The van der Waals surface area contributed by atoms with Crippen molar-refractivity contribution in [1.82, 2.24) is 15.1 Å². The number of nitrogens with one attached hydrogen (secondary N) is 1. The highest BCUT2D eigenvalue weighted by Crippen LogP contribution is 2.18. The Morgan fingerprint density at radius 2 is 2.06 bits per heavy atom. The van der Waals surface area contributed by atoms with Crippen molar-refractivity contribution in [3.63, 3.8) is 0 Å². The Hall–Kier alpha value is -1.81. The van der Waals surface area contributed by atoms with Crippen molar-refractivity contribution in [3.8, 4) is 0 Å². The molecular weight excluding hydrogens is 250 g/mol. The molecule has 0 aliphatic heterocycles. The Labute approximate surface area is 111 Å². The molecule has 4 nitrogen and oxygen atoms in total. The van der Waals surface area contributed by atoms with Crippen molar-refractivity contribution in [2.24, 2.45) is 7.05 Å². The van der Waals surface area contributed by atoms with Crippen LogP contribution in [0.3, 0.4) is 0 Å². The highest BCUT2D eigenvalue weighted by atomic mass is 35.5. The van der Waals surface area contributed by atoms with Crippen LogP contribution < -0.4 is 5.32 Å². The van der Waals surface area contributed by atoms with Crippen molar-refractivity contribution < 1.29 is 4.79 Å². The third-order valence-corrected chi connectivity index (χ3v) is 3.11. The zero-order valence-electron chi connectivity index (χ0n) is 10.3. The fourth-order valence-corrected chi connectivity index (χ4v) is 2.01. The molecule has 0 unspecified atom stereocenters. The molecule has 1 aromatic carbocycles. The summed E-state index contributed by atoms with van der Waals surface area (Å²) in [7, 11) is 1.71. The van der Waals surface area contributed by atoms with Gasteiger partial charge in [-0.05, 0) is 12.5 Å². The first-order chi connectivity index (χ1) is 8.59. The predicted octanol–water partition coefficient (Wildman–Crippen LogP) is 2.31. The molecule has 1 N–H and O–H groups in total. The number of carbonyl (C=O) groups is 1. The lowest BCUT2D eigenvalue weighted by Crippen LogP contribution is -2.23. The van der Waals surface area contributed by atoms with E-state index in [1.165, 1.54) is 4.68 Å². The first-order valence-electron chi connectivity index (χ1n) is 5.61. The van der Waals surface area contributed by atoms with Crippen molar-refractivity contribution >= 4 is 17.5 Å². The summed E-state index contributed by atoms with van der Waals surface area (Å²) in [5.74, 6) is -0.200. The molecule has 0 atom stereocenters. The fraction of sp³-hybridized carbons (Fsp3) is 0.231. The normalized spacial score (nSPS) is 10.4. The third-order valence-electron chi connectivity index (χ3n) is 2.68. The van der Waals surface area contributed by atoms with E-state index in [1.54, 1.807) is 14.0 Å². The molecular formula is C13H14ClN3O. The molecule has 0 spiro atoms. The maximum atomic E-state index is 12.0. The Kier molecular flexibility index (Phi) is 3.67. The minimum absolute atomic E-state index is 0.200. The van der Waals surface area contributed by atoms with Gasteiger partial charge in [-0.15, -0.1) is 0 Å². The van der Waals surface area contributed by atoms with Gasteiger partial charge in [-0.25, -0.2) is 0 Å². The second kappa shape index (κ2) is 5.23. The first kappa shape index (κ1) is 12.6. The van der Waals surface area contributed by atoms with Crippen molar-refractivity contribution in [2.45, 2.75) is 13.5 Å². The largest absolute Gasteiger partial charge is 0.348 e. The van der Waals surface area contributed by atoms with Gasteiger partial charge in [0.1, 0.15) is 5.15 Å². The number of hydrogen-bond acceptors (Lipinski definition) is 2. The second-order valence-corrected chi connectivity index (χ2v) is 4.40. The molecule has 0 aliphatic rings. The van der Waals surface area contributed by atoms with E-state index in [9.17, 15) is 4.79 Å². The summed E-state index contributed by atoms with van der Waals surface area (Å²) in [6, 6.07) is 9.72. The summed E-state index contributed by atoms with van der Waals surface area (Å²) in [6.07, 6.45) is 0.